The standard InChI is InChI=1S/C19H18F2N4O2S/c1-13-2-3-14(11-23-13)6-7-22-19-5-4-18(12-24-19)28(26,27)25-17-9-15(20)8-16(21)10-17/h2-5,8-12,25H,6-7H2,1H3,(H,22,24). The van der Waals surface area contributed by atoms with Crippen molar-refractivity contribution in [3.63, 3.8) is 0 Å². The highest BCUT2D eigenvalue weighted by atomic mass is 32.2. The van der Waals surface area contributed by atoms with Gasteiger partial charge in [0, 0.05) is 30.7 Å². The molecule has 28 heavy (non-hydrogen) atoms. The molecule has 0 unspecified atom stereocenters. The lowest BCUT2D eigenvalue weighted by Gasteiger charge is -2.10. The molecule has 3 rings (SSSR count). The van der Waals surface area contributed by atoms with Crippen LogP contribution < -0.4 is 10.0 Å². The normalized spacial score (nSPS) is 11.2. The fourth-order valence-corrected chi connectivity index (χ4v) is 3.44. The molecule has 0 fully saturated rings. The summed E-state index contributed by atoms with van der Waals surface area (Å²) >= 11 is 0. The van der Waals surface area contributed by atoms with E-state index in [0.29, 0.717) is 18.4 Å². The van der Waals surface area contributed by atoms with Crippen molar-refractivity contribution in [1.29, 1.82) is 0 Å². The fourth-order valence-electron chi connectivity index (χ4n) is 2.45. The summed E-state index contributed by atoms with van der Waals surface area (Å²) < 4.78 is 53.2. The highest BCUT2D eigenvalue weighted by Crippen LogP contribution is 2.19. The van der Waals surface area contributed by atoms with Gasteiger partial charge in [0.1, 0.15) is 22.3 Å². The van der Waals surface area contributed by atoms with E-state index in [2.05, 4.69) is 20.0 Å². The van der Waals surface area contributed by atoms with Crippen LogP contribution in [0, 0.1) is 18.6 Å². The lowest BCUT2D eigenvalue weighted by Crippen LogP contribution is -2.14. The molecule has 2 N–H and O–H groups in total. The summed E-state index contributed by atoms with van der Waals surface area (Å²) in [5, 5.41) is 3.10. The summed E-state index contributed by atoms with van der Waals surface area (Å²) in [4.78, 5) is 8.18. The molecule has 9 heteroatoms. The van der Waals surface area contributed by atoms with E-state index in [1.807, 2.05) is 19.1 Å². The van der Waals surface area contributed by atoms with Gasteiger partial charge < -0.3 is 5.32 Å². The van der Waals surface area contributed by atoms with Gasteiger partial charge >= 0.3 is 0 Å². The Kier molecular flexibility index (Phi) is 5.84. The number of halogens is 2. The number of nitrogens with one attached hydrogen (secondary N) is 2. The van der Waals surface area contributed by atoms with E-state index in [9.17, 15) is 17.2 Å². The van der Waals surface area contributed by atoms with E-state index in [0.717, 1.165) is 29.8 Å². The lowest BCUT2D eigenvalue weighted by atomic mass is 10.2. The molecule has 0 aliphatic heterocycles. The van der Waals surface area contributed by atoms with Crippen LogP contribution in [-0.2, 0) is 16.4 Å². The Morgan fingerprint density at radius 2 is 1.71 bits per heavy atom. The maximum atomic E-state index is 13.2. The SMILES string of the molecule is Cc1ccc(CCNc2ccc(S(=O)(=O)Nc3cc(F)cc(F)c3)cn2)cn1. The summed E-state index contributed by atoms with van der Waals surface area (Å²) in [5.74, 6) is -1.24. The molecule has 0 bridgehead atoms. The molecule has 146 valence electrons. The zero-order valence-electron chi connectivity index (χ0n) is 15.0. The molecule has 0 saturated carbocycles. The van der Waals surface area contributed by atoms with Crippen molar-refractivity contribution in [3.8, 4) is 0 Å². The predicted molar refractivity (Wildman–Crippen MR) is 103 cm³/mol. The quantitative estimate of drug-likeness (QED) is 0.630. The van der Waals surface area contributed by atoms with E-state index in [1.54, 1.807) is 6.20 Å². The van der Waals surface area contributed by atoms with Gasteiger partial charge in [-0.05, 0) is 49.2 Å². The number of benzene rings is 1. The first-order valence-electron chi connectivity index (χ1n) is 8.42. The van der Waals surface area contributed by atoms with Gasteiger partial charge in [0.2, 0.25) is 0 Å². The van der Waals surface area contributed by atoms with E-state index < -0.39 is 21.7 Å². The van der Waals surface area contributed by atoms with Gasteiger partial charge in [0.15, 0.2) is 0 Å². The van der Waals surface area contributed by atoms with Gasteiger partial charge in [-0.15, -0.1) is 0 Å². The third-order valence-corrected chi connectivity index (χ3v) is 5.22. The van der Waals surface area contributed by atoms with Crippen molar-refractivity contribution in [3.05, 3.63) is 77.8 Å². The van der Waals surface area contributed by atoms with Gasteiger partial charge in [-0.3, -0.25) is 9.71 Å². The van der Waals surface area contributed by atoms with Gasteiger partial charge in [-0.25, -0.2) is 22.2 Å². The molecule has 0 radical (unpaired) electrons. The molecule has 1 aromatic carbocycles. The maximum absolute atomic E-state index is 13.2. The molecular formula is C19H18F2N4O2S. The molecule has 6 nitrogen and oxygen atoms in total. The van der Waals surface area contributed by atoms with Crippen LogP contribution in [-0.4, -0.2) is 24.9 Å². The highest BCUT2D eigenvalue weighted by molar-refractivity contribution is 7.92. The van der Waals surface area contributed by atoms with Crippen molar-refractivity contribution in [2.24, 2.45) is 0 Å². The highest BCUT2D eigenvalue weighted by Gasteiger charge is 2.15. The Labute approximate surface area is 161 Å². The Bertz CT molecular complexity index is 1040. The van der Waals surface area contributed by atoms with Crippen LogP contribution in [0.15, 0.2) is 59.8 Å². The van der Waals surface area contributed by atoms with Crippen LogP contribution in [0.5, 0.6) is 0 Å². The molecular weight excluding hydrogens is 386 g/mol. The maximum Gasteiger partial charge on any atom is 0.263 e. The summed E-state index contributed by atoms with van der Waals surface area (Å²) in [7, 11) is -4.01. The summed E-state index contributed by atoms with van der Waals surface area (Å²) in [6, 6.07) is 9.26. The molecule has 0 aliphatic rings. The first-order chi connectivity index (χ1) is 13.3. The number of rotatable bonds is 7. The van der Waals surface area contributed by atoms with Crippen LogP contribution in [0.2, 0.25) is 0 Å². The van der Waals surface area contributed by atoms with Crippen molar-refractivity contribution in [2.45, 2.75) is 18.2 Å². The summed E-state index contributed by atoms with van der Waals surface area (Å²) in [6.45, 7) is 2.52. The van der Waals surface area contributed by atoms with Crippen LogP contribution >= 0.6 is 0 Å². The largest absolute Gasteiger partial charge is 0.370 e. The Hall–Kier alpha value is -3.07. The van der Waals surface area contributed by atoms with E-state index >= 15 is 0 Å². The second-order valence-electron chi connectivity index (χ2n) is 6.13. The van der Waals surface area contributed by atoms with Gasteiger partial charge in [-0.2, -0.15) is 0 Å². The first kappa shape index (κ1) is 19.7. The minimum atomic E-state index is -4.01. The molecule has 0 aliphatic carbocycles. The third kappa shape index (κ3) is 5.23. The molecule has 0 atom stereocenters. The zero-order valence-corrected chi connectivity index (χ0v) is 15.8. The van der Waals surface area contributed by atoms with Crippen molar-refractivity contribution in [2.75, 3.05) is 16.6 Å². The number of nitrogens with zero attached hydrogens (tertiary/aromatic N) is 2. The Morgan fingerprint density at radius 3 is 2.32 bits per heavy atom. The van der Waals surface area contributed by atoms with Gasteiger partial charge in [0.25, 0.3) is 10.0 Å². The average Bonchev–Trinajstić information content (AvgIpc) is 2.62. The number of sulfonamides is 1. The van der Waals surface area contributed by atoms with Crippen LogP contribution in [0.25, 0.3) is 0 Å². The number of aryl methyl sites for hydroxylation is 1. The minimum absolute atomic E-state index is 0.120. The number of pyridine rings is 2. The zero-order chi connectivity index (χ0) is 20.1. The van der Waals surface area contributed by atoms with E-state index in [4.69, 9.17) is 0 Å². The first-order valence-corrected chi connectivity index (χ1v) is 9.90. The van der Waals surface area contributed by atoms with Crippen molar-refractivity contribution < 1.29 is 17.2 Å². The summed E-state index contributed by atoms with van der Waals surface area (Å²) in [6.07, 6.45) is 3.72. The van der Waals surface area contributed by atoms with Gasteiger partial charge in [0.05, 0.1) is 5.69 Å². The number of hydrogen-bond acceptors (Lipinski definition) is 5. The minimum Gasteiger partial charge on any atom is -0.370 e. The van der Waals surface area contributed by atoms with Crippen LogP contribution in [0.4, 0.5) is 20.3 Å². The topological polar surface area (TPSA) is 84.0 Å². The van der Waals surface area contributed by atoms with E-state index in [1.165, 1.54) is 18.3 Å². The number of hydrogen-bond donors (Lipinski definition) is 2. The Morgan fingerprint density at radius 1 is 0.964 bits per heavy atom. The molecule has 2 aromatic heterocycles. The van der Waals surface area contributed by atoms with E-state index in [-0.39, 0.29) is 10.6 Å². The second-order valence-corrected chi connectivity index (χ2v) is 7.81. The van der Waals surface area contributed by atoms with Crippen LogP contribution in [0.3, 0.4) is 0 Å². The fraction of sp³-hybridized carbons (Fsp3) is 0.158. The van der Waals surface area contributed by atoms with Gasteiger partial charge in [-0.1, -0.05) is 6.07 Å². The average molecular weight is 404 g/mol. The van der Waals surface area contributed by atoms with Crippen molar-refractivity contribution in [1.82, 2.24) is 9.97 Å². The smallest absolute Gasteiger partial charge is 0.263 e. The molecule has 0 amide bonds. The van der Waals surface area contributed by atoms with Crippen molar-refractivity contribution >= 4 is 21.5 Å². The molecule has 2 heterocycles. The predicted octanol–water partition coefficient (Wildman–Crippen LogP) is 3.52. The molecule has 0 saturated heterocycles. The third-order valence-electron chi connectivity index (χ3n) is 3.85. The van der Waals surface area contributed by atoms with Crippen LogP contribution in [0.1, 0.15) is 11.3 Å². The molecule has 0 spiro atoms. The second kappa shape index (κ2) is 8.30. The lowest BCUT2D eigenvalue weighted by molar-refractivity contribution is 0.584. The Balaban J connectivity index is 1.61. The number of anilines is 2. The monoisotopic (exact) mass is 404 g/mol. The molecule has 3 aromatic rings. The number of aromatic nitrogens is 2. The summed E-state index contributed by atoms with van der Waals surface area (Å²) in [5.41, 5.74) is 1.82.